The number of rotatable bonds is 2. The van der Waals surface area contributed by atoms with Crippen molar-refractivity contribution in [2.24, 2.45) is 0 Å². The molecule has 28 heavy (non-hydrogen) atoms. The topological polar surface area (TPSA) is 72.5 Å². The smallest absolute Gasteiger partial charge is 0.320 e. The van der Waals surface area contributed by atoms with Crippen LogP contribution >= 0.6 is 0 Å². The second-order valence-corrected chi connectivity index (χ2v) is 7.28. The summed E-state index contributed by atoms with van der Waals surface area (Å²) >= 11 is 0. The summed E-state index contributed by atoms with van der Waals surface area (Å²) in [6.45, 7) is 3.75. The predicted molar refractivity (Wildman–Crippen MR) is 102 cm³/mol. The molecule has 3 amide bonds. The van der Waals surface area contributed by atoms with Gasteiger partial charge in [-0.15, -0.1) is 0 Å². The molecule has 2 aliphatic heterocycles. The Morgan fingerprint density at radius 1 is 0.857 bits per heavy atom. The zero-order valence-corrected chi connectivity index (χ0v) is 15.7. The first-order valence-corrected chi connectivity index (χ1v) is 9.76. The third-order valence-corrected chi connectivity index (χ3v) is 5.41. The number of hydrogen-bond acceptors (Lipinski definition) is 3. The predicted octanol–water partition coefficient (Wildman–Crippen LogP) is 2.58. The average molecular weight is 385 g/mol. The zero-order chi connectivity index (χ0) is 19.5. The van der Waals surface area contributed by atoms with Crippen LogP contribution in [0.1, 0.15) is 29.8 Å². The standard InChI is InChI=1S/C20H24FN5O2/c21-16-6-4-15(5-7-16)17-14-18(23-22-17)19(27)24-10-12-26(13-11-24)20(28)25-8-2-1-3-9-25/h4-7,14H,1-3,8-13H2,(H,22,23). The lowest BCUT2D eigenvalue weighted by molar-refractivity contribution is 0.0627. The second-order valence-electron chi connectivity index (χ2n) is 7.28. The van der Waals surface area contributed by atoms with Gasteiger partial charge in [-0.3, -0.25) is 9.89 Å². The van der Waals surface area contributed by atoms with Gasteiger partial charge in [-0.25, -0.2) is 9.18 Å². The molecule has 4 rings (SSSR count). The van der Waals surface area contributed by atoms with Crippen molar-refractivity contribution in [2.45, 2.75) is 19.3 Å². The number of benzene rings is 1. The van der Waals surface area contributed by atoms with Crippen LogP contribution in [0.4, 0.5) is 9.18 Å². The molecule has 2 saturated heterocycles. The first-order valence-electron chi connectivity index (χ1n) is 9.76. The van der Waals surface area contributed by atoms with E-state index in [9.17, 15) is 14.0 Å². The summed E-state index contributed by atoms with van der Waals surface area (Å²) in [4.78, 5) is 30.8. The van der Waals surface area contributed by atoms with Gasteiger partial charge in [0.1, 0.15) is 11.5 Å². The number of aromatic amines is 1. The molecule has 8 heteroatoms. The van der Waals surface area contributed by atoms with Crippen LogP contribution in [-0.2, 0) is 0 Å². The maximum atomic E-state index is 13.1. The molecular formula is C20H24FN5O2. The van der Waals surface area contributed by atoms with E-state index >= 15 is 0 Å². The Labute approximate surface area is 163 Å². The summed E-state index contributed by atoms with van der Waals surface area (Å²) in [6, 6.07) is 7.76. The summed E-state index contributed by atoms with van der Waals surface area (Å²) in [5, 5.41) is 6.95. The Morgan fingerprint density at radius 2 is 1.46 bits per heavy atom. The molecule has 0 radical (unpaired) electrons. The van der Waals surface area contributed by atoms with E-state index in [1.54, 1.807) is 23.1 Å². The second kappa shape index (κ2) is 8.00. The number of H-pyrrole nitrogens is 1. The molecule has 0 spiro atoms. The van der Waals surface area contributed by atoms with Crippen LogP contribution in [0, 0.1) is 5.82 Å². The Balaban J connectivity index is 1.35. The van der Waals surface area contributed by atoms with E-state index < -0.39 is 0 Å². The number of piperazine rings is 1. The lowest BCUT2D eigenvalue weighted by Gasteiger charge is -2.38. The van der Waals surface area contributed by atoms with Gasteiger partial charge in [-0.1, -0.05) is 0 Å². The fourth-order valence-corrected chi connectivity index (χ4v) is 3.76. The van der Waals surface area contributed by atoms with Gasteiger partial charge in [0.15, 0.2) is 0 Å². The van der Waals surface area contributed by atoms with Crippen molar-refractivity contribution in [2.75, 3.05) is 39.3 Å². The number of piperidine rings is 1. The van der Waals surface area contributed by atoms with E-state index in [0.29, 0.717) is 37.6 Å². The fourth-order valence-electron chi connectivity index (χ4n) is 3.76. The molecule has 2 fully saturated rings. The van der Waals surface area contributed by atoms with Crippen LogP contribution in [0.25, 0.3) is 11.3 Å². The maximum absolute atomic E-state index is 13.1. The number of hydrogen-bond donors (Lipinski definition) is 1. The summed E-state index contributed by atoms with van der Waals surface area (Å²) in [6.07, 6.45) is 3.33. The van der Waals surface area contributed by atoms with Crippen molar-refractivity contribution in [3.8, 4) is 11.3 Å². The number of halogens is 1. The highest BCUT2D eigenvalue weighted by atomic mass is 19.1. The zero-order valence-electron chi connectivity index (χ0n) is 15.7. The molecule has 1 aromatic heterocycles. The Morgan fingerprint density at radius 3 is 2.14 bits per heavy atom. The van der Waals surface area contributed by atoms with Crippen LogP contribution < -0.4 is 0 Å². The Hall–Kier alpha value is -2.90. The molecule has 148 valence electrons. The highest BCUT2D eigenvalue weighted by Crippen LogP contribution is 2.19. The number of aromatic nitrogens is 2. The molecule has 0 unspecified atom stereocenters. The largest absolute Gasteiger partial charge is 0.334 e. The van der Waals surface area contributed by atoms with Crippen molar-refractivity contribution in [1.82, 2.24) is 24.9 Å². The molecule has 0 bridgehead atoms. The fraction of sp³-hybridized carbons (Fsp3) is 0.450. The van der Waals surface area contributed by atoms with Crippen LogP contribution in [-0.4, -0.2) is 76.1 Å². The molecular weight excluding hydrogens is 361 g/mol. The Bertz CT molecular complexity index is 837. The van der Waals surface area contributed by atoms with Gasteiger partial charge in [0.05, 0.1) is 5.69 Å². The van der Waals surface area contributed by atoms with E-state index in [1.165, 1.54) is 18.6 Å². The number of carbonyl (C=O) groups is 2. The number of urea groups is 1. The molecule has 2 aromatic rings. The van der Waals surface area contributed by atoms with Gasteiger partial charge >= 0.3 is 6.03 Å². The van der Waals surface area contributed by atoms with Gasteiger partial charge < -0.3 is 14.7 Å². The van der Waals surface area contributed by atoms with Crippen molar-refractivity contribution in [1.29, 1.82) is 0 Å². The lowest BCUT2D eigenvalue weighted by Crippen LogP contribution is -2.54. The average Bonchev–Trinajstić information content (AvgIpc) is 3.24. The molecule has 7 nitrogen and oxygen atoms in total. The normalized spacial score (nSPS) is 17.7. The highest BCUT2D eigenvalue weighted by Gasteiger charge is 2.28. The van der Waals surface area contributed by atoms with Crippen molar-refractivity contribution in [3.05, 3.63) is 41.8 Å². The van der Waals surface area contributed by atoms with Crippen LogP contribution in [0.5, 0.6) is 0 Å². The Kier molecular flexibility index (Phi) is 5.27. The van der Waals surface area contributed by atoms with E-state index in [2.05, 4.69) is 10.2 Å². The quantitative estimate of drug-likeness (QED) is 0.864. The minimum atomic E-state index is -0.312. The van der Waals surface area contributed by atoms with E-state index in [1.807, 2.05) is 9.80 Å². The van der Waals surface area contributed by atoms with Crippen molar-refractivity contribution >= 4 is 11.9 Å². The van der Waals surface area contributed by atoms with E-state index in [-0.39, 0.29) is 17.8 Å². The van der Waals surface area contributed by atoms with Crippen molar-refractivity contribution < 1.29 is 14.0 Å². The number of carbonyl (C=O) groups excluding carboxylic acids is 2. The van der Waals surface area contributed by atoms with Gasteiger partial charge in [0.2, 0.25) is 0 Å². The molecule has 0 atom stereocenters. The third-order valence-electron chi connectivity index (χ3n) is 5.41. The molecule has 1 aromatic carbocycles. The number of likely N-dealkylation sites (tertiary alicyclic amines) is 1. The minimum absolute atomic E-state index is 0.0898. The first-order chi connectivity index (χ1) is 13.6. The number of nitrogens with zero attached hydrogens (tertiary/aromatic N) is 4. The lowest BCUT2D eigenvalue weighted by atomic mass is 10.1. The van der Waals surface area contributed by atoms with Crippen molar-refractivity contribution in [3.63, 3.8) is 0 Å². The minimum Gasteiger partial charge on any atom is -0.334 e. The first kappa shape index (κ1) is 18.5. The monoisotopic (exact) mass is 385 g/mol. The van der Waals surface area contributed by atoms with Crippen LogP contribution in [0.2, 0.25) is 0 Å². The van der Waals surface area contributed by atoms with Gasteiger partial charge in [0.25, 0.3) is 5.91 Å². The van der Waals surface area contributed by atoms with Gasteiger partial charge in [0, 0.05) is 44.8 Å². The van der Waals surface area contributed by atoms with Crippen LogP contribution in [0.15, 0.2) is 30.3 Å². The maximum Gasteiger partial charge on any atom is 0.320 e. The summed E-state index contributed by atoms with van der Waals surface area (Å²) in [5.74, 6) is -0.446. The van der Waals surface area contributed by atoms with E-state index in [0.717, 1.165) is 31.5 Å². The van der Waals surface area contributed by atoms with Gasteiger partial charge in [-0.05, 0) is 49.6 Å². The summed E-state index contributed by atoms with van der Waals surface area (Å²) in [5.41, 5.74) is 1.74. The van der Waals surface area contributed by atoms with Crippen LogP contribution in [0.3, 0.4) is 0 Å². The SMILES string of the molecule is O=C(c1cc(-c2ccc(F)cc2)n[nH]1)N1CCN(C(=O)N2CCCCC2)CC1. The molecule has 3 heterocycles. The molecule has 0 aliphatic carbocycles. The summed E-state index contributed by atoms with van der Waals surface area (Å²) < 4.78 is 13.1. The van der Waals surface area contributed by atoms with E-state index in [4.69, 9.17) is 0 Å². The van der Waals surface area contributed by atoms with Gasteiger partial charge in [-0.2, -0.15) is 5.10 Å². The number of nitrogens with one attached hydrogen (secondary N) is 1. The number of amides is 3. The summed E-state index contributed by atoms with van der Waals surface area (Å²) in [7, 11) is 0. The molecule has 2 aliphatic rings. The third kappa shape index (κ3) is 3.85. The molecule has 0 saturated carbocycles. The highest BCUT2D eigenvalue weighted by molar-refractivity contribution is 5.93. The molecule has 1 N–H and O–H groups in total.